The van der Waals surface area contributed by atoms with Crippen LogP contribution in [0.5, 0.6) is 0 Å². The molecular formula is C31H39N3O3. The quantitative estimate of drug-likeness (QED) is 0.178. The summed E-state index contributed by atoms with van der Waals surface area (Å²) in [6.45, 7) is 4.55. The van der Waals surface area contributed by atoms with Gasteiger partial charge in [-0.3, -0.25) is 9.78 Å². The van der Waals surface area contributed by atoms with E-state index in [0.29, 0.717) is 23.4 Å². The van der Waals surface area contributed by atoms with Crippen LogP contribution >= 0.6 is 0 Å². The van der Waals surface area contributed by atoms with Gasteiger partial charge in [-0.2, -0.15) is 0 Å². The molecule has 1 aromatic heterocycles. The zero-order chi connectivity index (χ0) is 26.5. The van der Waals surface area contributed by atoms with E-state index in [-0.39, 0.29) is 17.9 Å². The Labute approximate surface area is 220 Å². The predicted octanol–water partition coefficient (Wildman–Crippen LogP) is 7.32. The summed E-state index contributed by atoms with van der Waals surface area (Å²) in [6.07, 6.45) is 12.8. The highest BCUT2D eigenvalue weighted by Crippen LogP contribution is 2.30. The molecule has 196 valence electrons. The second kappa shape index (κ2) is 14.9. The molecule has 0 fully saturated rings. The number of unbranched alkanes of at least 4 members (excludes halogenated alkanes) is 7. The van der Waals surface area contributed by atoms with Crippen LogP contribution in [-0.2, 0) is 4.74 Å². The molecule has 1 unspecified atom stereocenters. The lowest BCUT2D eigenvalue weighted by Gasteiger charge is -2.16. The lowest BCUT2D eigenvalue weighted by molar-refractivity contribution is 0.0497. The summed E-state index contributed by atoms with van der Waals surface area (Å²) in [4.78, 5) is 29.6. The molecule has 3 rings (SSSR count). The van der Waals surface area contributed by atoms with Gasteiger partial charge in [-0.05, 0) is 66.4 Å². The van der Waals surface area contributed by atoms with E-state index in [1.807, 2.05) is 37.3 Å². The van der Waals surface area contributed by atoms with E-state index < -0.39 is 0 Å². The first kappa shape index (κ1) is 28.1. The van der Waals surface area contributed by atoms with Crippen molar-refractivity contribution in [1.82, 2.24) is 4.98 Å². The van der Waals surface area contributed by atoms with Crippen LogP contribution in [-0.4, -0.2) is 23.5 Å². The molecule has 37 heavy (non-hydrogen) atoms. The molecular weight excluding hydrogens is 462 g/mol. The van der Waals surface area contributed by atoms with E-state index in [9.17, 15) is 9.59 Å². The molecule has 3 aromatic rings. The number of nitrogens with zero attached hydrogens (tertiary/aromatic N) is 1. The predicted molar refractivity (Wildman–Crippen MR) is 150 cm³/mol. The van der Waals surface area contributed by atoms with Gasteiger partial charge in [0.05, 0.1) is 12.2 Å². The smallest absolute Gasteiger partial charge is 0.338 e. The normalized spacial score (nSPS) is 11.6. The van der Waals surface area contributed by atoms with Crippen molar-refractivity contribution in [2.24, 2.45) is 5.73 Å². The molecule has 6 nitrogen and oxygen atoms in total. The largest absolute Gasteiger partial charge is 0.462 e. The highest BCUT2D eigenvalue weighted by atomic mass is 16.5. The highest BCUT2D eigenvalue weighted by molar-refractivity contribution is 6.05. The van der Waals surface area contributed by atoms with E-state index in [1.165, 1.54) is 38.5 Å². The minimum atomic E-state index is -0.335. The number of aromatic nitrogens is 1. The molecule has 0 bridgehead atoms. The third-order valence-electron chi connectivity index (χ3n) is 6.38. The van der Waals surface area contributed by atoms with Gasteiger partial charge in [-0.15, -0.1) is 0 Å². The average Bonchev–Trinajstić information content (AvgIpc) is 2.92. The van der Waals surface area contributed by atoms with Crippen LogP contribution in [0.4, 0.5) is 5.69 Å². The number of carbonyl (C=O) groups is 2. The molecule has 0 radical (unpaired) electrons. The molecule has 1 heterocycles. The maximum absolute atomic E-state index is 12.9. The monoisotopic (exact) mass is 501 g/mol. The Bertz CT molecular complexity index is 1150. The average molecular weight is 502 g/mol. The molecule has 2 aromatic carbocycles. The van der Waals surface area contributed by atoms with Gasteiger partial charge in [0, 0.05) is 29.7 Å². The number of nitrogens with one attached hydrogen (secondary N) is 1. The molecule has 0 saturated heterocycles. The zero-order valence-electron chi connectivity index (χ0n) is 22.0. The van der Waals surface area contributed by atoms with E-state index in [2.05, 4.69) is 17.2 Å². The van der Waals surface area contributed by atoms with Gasteiger partial charge in [0.15, 0.2) is 0 Å². The maximum atomic E-state index is 12.9. The SMILES string of the molecule is CCCCCCCCCCOC(=O)c1cccc(-c2cc(C(=O)Nc3ccncc3)ccc2C(C)N)c1. The minimum absolute atomic E-state index is 0.232. The number of benzene rings is 2. The Hall–Kier alpha value is -3.51. The molecule has 0 saturated carbocycles. The van der Waals surface area contributed by atoms with Crippen LogP contribution in [0.15, 0.2) is 67.0 Å². The summed E-state index contributed by atoms with van der Waals surface area (Å²) in [5, 5.41) is 2.88. The summed E-state index contributed by atoms with van der Waals surface area (Å²) < 4.78 is 5.54. The topological polar surface area (TPSA) is 94.3 Å². The standard InChI is InChI=1S/C31H39N3O3/c1-3-4-5-6-7-8-9-10-20-37-31(36)26-13-11-12-24(21-26)29-22-25(14-15-28(29)23(2)32)30(35)34-27-16-18-33-19-17-27/h11-19,21-23H,3-10,20,32H2,1-2H3,(H,33,34,35). The van der Waals surface area contributed by atoms with Gasteiger partial charge in [-0.1, -0.05) is 70.1 Å². The second-order valence-corrected chi connectivity index (χ2v) is 9.47. The molecule has 1 amide bonds. The number of anilines is 1. The third-order valence-corrected chi connectivity index (χ3v) is 6.38. The lowest BCUT2D eigenvalue weighted by atomic mass is 9.92. The van der Waals surface area contributed by atoms with Crippen molar-refractivity contribution in [2.75, 3.05) is 11.9 Å². The van der Waals surface area contributed by atoms with Crippen molar-refractivity contribution in [2.45, 2.75) is 71.3 Å². The first-order chi connectivity index (χ1) is 18.0. The number of hydrogen-bond acceptors (Lipinski definition) is 5. The van der Waals surface area contributed by atoms with E-state index >= 15 is 0 Å². The Morgan fingerprint density at radius 1 is 0.892 bits per heavy atom. The van der Waals surface area contributed by atoms with Crippen molar-refractivity contribution in [1.29, 1.82) is 0 Å². The van der Waals surface area contributed by atoms with E-state index in [1.54, 1.807) is 36.7 Å². The molecule has 6 heteroatoms. The van der Waals surface area contributed by atoms with Crippen molar-refractivity contribution in [3.63, 3.8) is 0 Å². The summed E-state index contributed by atoms with van der Waals surface area (Å²) in [5.74, 6) is -0.566. The molecule has 0 spiro atoms. The van der Waals surface area contributed by atoms with Gasteiger partial charge in [0.25, 0.3) is 5.91 Å². The van der Waals surface area contributed by atoms with Gasteiger partial charge in [-0.25, -0.2) is 4.79 Å². The Morgan fingerprint density at radius 3 is 2.30 bits per heavy atom. The van der Waals surface area contributed by atoms with Gasteiger partial charge < -0.3 is 15.8 Å². The van der Waals surface area contributed by atoms with Crippen LogP contribution in [0, 0.1) is 0 Å². The van der Waals surface area contributed by atoms with E-state index in [0.717, 1.165) is 29.5 Å². The van der Waals surface area contributed by atoms with Crippen molar-refractivity contribution < 1.29 is 14.3 Å². The number of nitrogens with two attached hydrogens (primary N) is 1. The number of hydrogen-bond donors (Lipinski definition) is 2. The number of amides is 1. The Kier molecular flexibility index (Phi) is 11.3. The van der Waals surface area contributed by atoms with Crippen molar-refractivity contribution in [3.05, 3.63) is 83.7 Å². The first-order valence-electron chi connectivity index (χ1n) is 13.4. The fourth-order valence-electron chi connectivity index (χ4n) is 4.28. The highest BCUT2D eigenvalue weighted by Gasteiger charge is 2.16. The van der Waals surface area contributed by atoms with Crippen molar-refractivity contribution in [3.8, 4) is 11.1 Å². The van der Waals surface area contributed by atoms with Crippen LogP contribution < -0.4 is 11.1 Å². The number of carbonyl (C=O) groups excluding carboxylic acids is 2. The second-order valence-electron chi connectivity index (χ2n) is 9.47. The van der Waals surface area contributed by atoms with Gasteiger partial charge in [0.1, 0.15) is 0 Å². The van der Waals surface area contributed by atoms with E-state index in [4.69, 9.17) is 10.5 Å². The molecule has 1 atom stereocenters. The van der Waals surface area contributed by atoms with Crippen LogP contribution in [0.1, 0.15) is 97.5 Å². The summed E-state index contributed by atoms with van der Waals surface area (Å²) in [6, 6.07) is 16.0. The number of rotatable bonds is 14. The lowest BCUT2D eigenvalue weighted by Crippen LogP contribution is -2.14. The molecule has 0 aliphatic heterocycles. The van der Waals surface area contributed by atoms with Crippen LogP contribution in [0.2, 0.25) is 0 Å². The summed E-state index contributed by atoms with van der Waals surface area (Å²) >= 11 is 0. The zero-order valence-corrected chi connectivity index (χ0v) is 22.0. The van der Waals surface area contributed by atoms with Crippen molar-refractivity contribution >= 4 is 17.6 Å². The number of ether oxygens (including phenoxy) is 1. The third kappa shape index (κ3) is 8.83. The van der Waals surface area contributed by atoms with Gasteiger partial charge in [0.2, 0.25) is 0 Å². The maximum Gasteiger partial charge on any atom is 0.338 e. The summed E-state index contributed by atoms with van der Waals surface area (Å²) in [7, 11) is 0. The van der Waals surface area contributed by atoms with Gasteiger partial charge >= 0.3 is 5.97 Å². The van der Waals surface area contributed by atoms with Crippen LogP contribution in [0.25, 0.3) is 11.1 Å². The number of esters is 1. The minimum Gasteiger partial charge on any atom is -0.462 e. The number of pyridine rings is 1. The van der Waals surface area contributed by atoms with Crippen LogP contribution in [0.3, 0.4) is 0 Å². The first-order valence-corrected chi connectivity index (χ1v) is 13.4. The molecule has 0 aliphatic carbocycles. The Morgan fingerprint density at radius 2 is 1.59 bits per heavy atom. The molecule has 0 aliphatic rings. The summed E-state index contributed by atoms with van der Waals surface area (Å²) in [5.41, 5.74) is 10.4. The molecule has 3 N–H and O–H groups in total. The Balaban J connectivity index is 1.65. The fourth-order valence-corrected chi connectivity index (χ4v) is 4.28. The fraction of sp³-hybridized carbons (Fsp3) is 0.387.